The standard InChI is InChI=1S/C8H7N3O4S2/c1-15-5(12)4-17-6-7(11(13)14)10-2-3-16-8(10)9-6/h2-3H,4H2,1H3. The van der Waals surface area contributed by atoms with Crippen LogP contribution in [0.4, 0.5) is 5.82 Å². The van der Waals surface area contributed by atoms with Crippen LogP contribution in [0.2, 0.25) is 0 Å². The number of carbonyl (C=O) groups is 1. The number of rotatable bonds is 4. The first-order chi connectivity index (χ1) is 8.13. The van der Waals surface area contributed by atoms with Crippen molar-refractivity contribution in [1.29, 1.82) is 0 Å². The predicted octanol–water partition coefficient (Wildman–Crippen LogP) is 1.57. The lowest BCUT2D eigenvalue weighted by Crippen LogP contribution is -2.03. The number of ether oxygens (including phenoxy) is 1. The third-order valence-electron chi connectivity index (χ3n) is 1.93. The molecule has 0 saturated carbocycles. The number of thiazole rings is 1. The number of esters is 1. The third-order valence-corrected chi connectivity index (χ3v) is 3.62. The molecule has 2 heterocycles. The molecular weight excluding hydrogens is 266 g/mol. The van der Waals surface area contributed by atoms with Gasteiger partial charge < -0.3 is 14.9 Å². The van der Waals surface area contributed by atoms with Crippen LogP contribution < -0.4 is 0 Å². The van der Waals surface area contributed by atoms with Crippen molar-refractivity contribution >= 4 is 39.8 Å². The summed E-state index contributed by atoms with van der Waals surface area (Å²) in [6.45, 7) is 0. The molecule has 90 valence electrons. The van der Waals surface area contributed by atoms with Gasteiger partial charge in [-0.25, -0.2) is 0 Å². The van der Waals surface area contributed by atoms with Gasteiger partial charge in [0.2, 0.25) is 0 Å². The number of imidazole rings is 1. The quantitative estimate of drug-likeness (QED) is 0.364. The second-order valence-electron chi connectivity index (χ2n) is 2.92. The van der Waals surface area contributed by atoms with Crippen LogP contribution in [0.5, 0.6) is 0 Å². The minimum Gasteiger partial charge on any atom is -0.468 e. The van der Waals surface area contributed by atoms with Crippen molar-refractivity contribution in [2.24, 2.45) is 0 Å². The number of nitrogens with zero attached hydrogens (tertiary/aromatic N) is 3. The maximum atomic E-state index is 11.0. The SMILES string of the molecule is COC(=O)CSc1nc2sccn2c1[N+](=O)[O-]. The molecule has 0 saturated heterocycles. The zero-order chi connectivity index (χ0) is 12.4. The van der Waals surface area contributed by atoms with E-state index in [0.29, 0.717) is 4.96 Å². The van der Waals surface area contributed by atoms with Crippen molar-refractivity contribution in [3.63, 3.8) is 0 Å². The molecule has 2 aromatic rings. The van der Waals surface area contributed by atoms with Crippen molar-refractivity contribution in [3.05, 3.63) is 21.7 Å². The average Bonchev–Trinajstić information content (AvgIpc) is 2.84. The van der Waals surface area contributed by atoms with E-state index in [-0.39, 0.29) is 16.6 Å². The molecule has 9 heteroatoms. The zero-order valence-electron chi connectivity index (χ0n) is 8.65. The van der Waals surface area contributed by atoms with Gasteiger partial charge in [0.15, 0.2) is 5.03 Å². The predicted molar refractivity (Wildman–Crippen MR) is 62.5 cm³/mol. The molecule has 0 unspecified atom stereocenters. The zero-order valence-corrected chi connectivity index (χ0v) is 10.3. The summed E-state index contributed by atoms with van der Waals surface area (Å²) in [5, 5.41) is 12.9. The topological polar surface area (TPSA) is 86.7 Å². The van der Waals surface area contributed by atoms with Crippen molar-refractivity contribution < 1.29 is 14.5 Å². The average molecular weight is 273 g/mol. The molecule has 17 heavy (non-hydrogen) atoms. The first-order valence-electron chi connectivity index (χ1n) is 4.43. The summed E-state index contributed by atoms with van der Waals surface area (Å²) in [6, 6.07) is 0. The molecule has 0 amide bonds. The Morgan fingerprint density at radius 2 is 2.53 bits per heavy atom. The summed E-state index contributed by atoms with van der Waals surface area (Å²) in [6.07, 6.45) is 1.58. The molecule has 0 aromatic carbocycles. The minimum atomic E-state index is -0.508. The Hall–Kier alpha value is -1.61. The Bertz CT molecular complexity index is 576. The van der Waals surface area contributed by atoms with Crippen LogP contribution >= 0.6 is 23.1 Å². The van der Waals surface area contributed by atoms with Gasteiger partial charge in [0.25, 0.3) is 4.96 Å². The lowest BCUT2D eigenvalue weighted by atomic mass is 10.7. The van der Waals surface area contributed by atoms with Gasteiger partial charge in [-0.2, -0.15) is 9.38 Å². The molecule has 0 spiro atoms. The number of fused-ring (bicyclic) bond motifs is 1. The van der Waals surface area contributed by atoms with E-state index >= 15 is 0 Å². The monoisotopic (exact) mass is 273 g/mol. The maximum Gasteiger partial charge on any atom is 0.362 e. The van der Waals surface area contributed by atoms with Crippen molar-refractivity contribution in [3.8, 4) is 0 Å². The summed E-state index contributed by atoms with van der Waals surface area (Å²) >= 11 is 2.29. The van der Waals surface area contributed by atoms with Crippen LogP contribution in [0.1, 0.15) is 0 Å². The van der Waals surface area contributed by atoms with Gasteiger partial charge in [0, 0.05) is 5.38 Å². The van der Waals surface area contributed by atoms with Gasteiger partial charge in [-0.05, 0) is 4.92 Å². The van der Waals surface area contributed by atoms with Gasteiger partial charge in [-0.1, -0.05) is 23.1 Å². The molecule has 0 radical (unpaired) electrons. The summed E-state index contributed by atoms with van der Waals surface area (Å²) in [5.41, 5.74) is 0. The van der Waals surface area contributed by atoms with Crippen molar-refractivity contribution in [2.45, 2.75) is 5.03 Å². The van der Waals surface area contributed by atoms with Crippen LogP contribution in [-0.2, 0) is 9.53 Å². The first kappa shape index (κ1) is 11.9. The van der Waals surface area contributed by atoms with Crippen LogP contribution in [0, 0.1) is 10.1 Å². The Morgan fingerprint density at radius 1 is 1.76 bits per heavy atom. The highest BCUT2D eigenvalue weighted by molar-refractivity contribution is 8.00. The Balaban J connectivity index is 2.32. The van der Waals surface area contributed by atoms with E-state index < -0.39 is 10.9 Å². The van der Waals surface area contributed by atoms with Gasteiger partial charge >= 0.3 is 11.8 Å². The van der Waals surface area contributed by atoms with E-state index in [4.69, 9.17) is 0 Å². The second-order valence-corrected chi connectivity index (χ2v) is 4.76. The highest BCUT2D eigenvalue weighted by Gasteiger charge is 2.24. The first-order valence-corrected chi connectivity index (χ1v) is 6.29. The number of thioether (sulfide) groups is 1. The van der Waals surface area contributed by atoms with E-state index in [1.807, 2.05) is 0 Å². The number of nitro groups is 1. The van der Waals surface area contributed by atoms with Crippen LogP contribution in [0.25, 0.3) is 4.96 Å². The Labute approximate surface area is 104 Å². The Morgan fingerprint density at radius 3 is 3.18 bits per heavy atom. The van der Waals surface area contributed by atoms with Gasteiger partial charge in [-0.15, -0.1) is 0 Å². The lowest BCUT2D eigenvalue weighted by molar-refractivity contribution is -0.393. The third kappa shape index (κ3) is 2.24. The van der Waals surface area contributed by atoms with Crippen molar-refractivity contribution in [1.82, 2.24) is 9.38 Å². The maximum absolute atomic E-state index is 11.0. The highest BCUT2D eigenvalue weighted by atomic mass is 32.2. The minimum absolute atomic E-state index is 0.00216. The van der Waals surface area contributed by atoms with Crippen molar-refractivity contribution in [2.75, 3.05) is 12.9 Å². The molecule has 2 rings (SSSR count). The second kappa shape index (κ2) is 4.72. The van der Waals surface area contributed by atoms with E-state index in [1.165, 1.54) is 22.8 Å². The molecule has 0 bridgehead atoms. The molecule has 0 fully saturated rings. The lowest BCUT2D eigenvalue weighted by Gasteiger charge is -1.97. The van der Waals surface area contributed by atoms with Crippen LogP contribution in [0.15, 0.2) is 16.6 Å². The van der Waals surface area contributed by atoms with Gasteiger partial charge in [-0.3, -0.25) is 4.79 Å². The van der Waals surface area contributed by atoms with Gasteiger partial charge in [0.1, 0.15) is 6.20 Å². The van der Waals surface area contributed by atoms with Crippen LogP contribution in [0.3, 0.4) is 0 Å². The largest absolute Gasteiger partial charge is 0.468 e. The molecule has 0 atom stereocenters. The Kier molecular flexibility index (Phi) is 3.29. The summed E-state index contributed by atoms with van der Waals surface area (Å²) in [4.78, 5) is 26.0. The number of methoxy groups -OCH3 is 1. The molecule has 0 N–H and O–H groups in total. The van der Waals surface area contributed by atoms with E-state index in [9.17, 15) is 14.9 Å². The number of hydrogen-bond acceptors (Lipinski definition) is 7. The van der Waals surface area contributed by atoms with E-state index in [1.54, 1.807) is 11.6 Å². The van der Waals surface area contributed by atoms with Gasteiger partial charge in [0.05, 0.1) is 12.9 Å². The number of carbonyl (C=O) groups excluding carboxylic acids is 1. The molecule has 0 aliphatic carbocycles. The molecule has 0 aliphatic heterocycles. The highest BCUT2D eigenvalue weighted by Crippen LogP contribution is 2.31. The fourth-order valence-electron chi connectivity index (χ4n) is 1.20. The molecule has 0 aliphatic rings. The fourth-order valence-corrected chi connectivity index (χ4v) is 2.80. The molecule has 2 aromatic heterocycles. The summed E-state index contributed by atoms with van der Waals surface area (Å²) in [7, 11) is 1.27. The molecular formula is C8H7N3O4S2. The fraction of sp³-hybridized carbons (Fsp3) is 0.250. The normalized spacial score (nSPS) is 10.6. The van der Waals surface area contributed by atoms with Crippen LogP contribution in [-0.4, -0.2) is 33.1 Å². The molecule has 7 nitrogen and oxygen atoms in total. The summed E-state index contributed by atoms with van der Waals surface area (Å²) in [5.74, 6) is -0.557. The number of aromatic nitrogens is 2. The smallest absolute Gasteiger partial charge is 0.362 e. The van der Waals surface area contributed by atoms with E-state index in [0.717, 1.165) is 11.8 Å². The van der Waals surface area contributed by atoms with E-state index in [2.05, 4.69) is 9.72 Å². The number of hydrogen-bond donors (Lipinski definition) is 0. The summed E-state index contributed by atoms with van der Waals surface area (Å²) < 4.78 is 5.86.